The zero-order valence-corrected chi connectivity index (χ0v) is 23.0. The van der Waals surface area contributed by atoms with Gasteiger partial charge in [0.05, 0.1) is 12.5 Å². The minimum atomic E-state index is -0.949. The van der Waals surface area contributed by atoms with Crippen molar-refractivity contribution in [1.29, 1.82) is 0 Å². The Balaban J connectivity index is 1.39. The second kappa shape index (κ2) is 13.1. The maximum Gasteiger partial charge on any atom is 0.305 e. The Morgan fingerprint density at radius 3 is 2.15 bits per heavy atom. The summed E-state index contributed by atoms with van der Waals surface area (Å²) in [6, 6.07) is 32.8. The van der Waals surface area contributed by atoms with E-state index in [2.05, 4.69) is 17.4 Å². The van der Waals surface area contributed by atoms with E-state index < -0.39 is 5.97 Å². The van der Waals surface area contributed by atoms with Crippen molar-refractivity contribution in [3.05, 3.63) is 131 Å². The summed E-state index contributed by atoms with van der Waals surface area (Å²) in [5.74, 6) is -1.38. The second-order valence-electron chi connectivity index (χ2n) is 10.4. The van der Waals surface area contributed by atoms with Crippen LogP contribution in [-0.2, 0) is 17.6 Å². The number of carbonyl (C=O) groups is 3. The molecular formula is C35H34N2O4. The molecule has 4 aromatic carbocycles. The molecule has 2 N–H and O–H groups in total. The first-order chi connectivity index (χ1) is 20.0. The van der Waals surface area contributed by atoms with Crippen molar-refractivity contribution in [3.63, 3.8) is 0 Å². The third-order valence-electron chi connectivity index (χ3n) is 7.68. The average molecular weight is 547 g/mol. The molecule has 1 unspecified atom stereocenters. The fraction of sp³-hybridized carbons (Fsp3) is 0.229. The van der Waals surface area contributed by atoms with Gasteiger partial charge in [-0.05, 0) is 65.6 Å². The predicted octanol–water partition coefficient (Wildman–Crippen LogP) is 6.32. The molecule has 1 aliphatic carbocycles. The minimum absolute atomic E-state index is 0.0558. The number of hydrogen-bond acceptors (Lipinski definition) is 3. The summed E-state index contributed by atoms with van der Waals surface area (Å²) < 4.78 is 0. The van der Waals surface area contributed by atoms with Crippen molar-refractivity contribution >= 4 is 17.8 Å². The first-order valence-corrected chi connectivity index (χ1v) is 14.1. The highest BCUT2D eigenvalue weighted by atomic mass is 16.4. The number of fused-ring (bicyclic) bond motifs is 1. The Kier molecular flexibility index (Phi) is 8.89. The topological polar surface area (TPSA) is 86.7 Å². The van der Waals surface area contributed by atoms with Gasteiger partial charge >= 0.3 is 5.97 Å². The average Bonchev–Trinajstić information content (AvgIpc) is 3.41. The summed E-state index contributed by atoms with van der Waals surface area (Å²) >= 11 is 0. The lowest BCUT2D eigenvalue weighted by Gasteiger charge is -2.24. The quantitative estimate of drug-likeness (QED) is 0.231. The van der Waals surface area contributed by atoms with Gasteiger partial charge in [0.1, 0.15) is 0 Å². The maximum absolute atomic E-state index is 13.9. The van der Waals surface area contributed by atoms with Crippen molar-refractivity contribution in [2.75, 3.05) is 13.1 Å². The zero-order valence-electron chi connectivity index (χ0n) is 23.0. The number of nitrogens with zero attached hydrogens (tertiary/aromatic N) is 1. The lowest BCUT2D eigenvalue weighted by atomic mass is 9.94. The molecule has 0 aliphatic heterocycles. The molecule has 0 saturated heterocycles. The standard InChI is InChI=1S/C35H34N2O4/c38-33(39)22-24-37(23-10-13-25-11-2-1-3-12-25)35(41)31-19-9-7-17-29(31)28-16-6-8-18-30(28)34(40)36-32-21-20-26-14-4-5-15-27(26)32/h1-9,11-12,14-19,32H,10,13,20-24H2,(H,36,40)(H,38,39). The van der Waals surface area contributed by atoms with E-state index in [1.165, 1.54) is 11.1 Å². The summed E-state index contributed by atoms with van der Waals surface area (Å²) in [5, 5.41) is 12.6. The summed E-state index contributed by atoms with van der Waals surface area (Å²) in [6.07, 6.45) is 3.13. The summed E-state index contributed by atoms with van der Waals surface area (Å²) in [4.78, 5) is 40.5. The molecule has 4 aromatic rings. The Bertz CT molecular complexity index is 1530. The number of aryl methyl sites for hydroxylation is 2. The number of carboxylic acid groups (broad SMARTS) is 1. The van der Waals surface area contributed by atoms with E-state index in [0.29, 0.717) is 35.2 Å². The Morgan fingerprint density at radius 2 is 1.39 bits per heavy atom. The minimum Gasteiger partial charge on any atom is -0.481 e. The Hall–Kier alpha value is -4.71. The molecule has 0 aromatic heterocycles. The van der Waals surface area contributed by atoms with Gasteiger partial charge in [-0.3, -0.25) is 14.4 Å². The van der Waals surface area contributed by atoms with Crippen molar-refractivity contribution < 1.29 is 19.5 Å². The van der Waals surface area contributed by atoms with Crippen LogP contribution >= 0.6 is 0 Å². The van der Waals surface area contributed by atoms with Gasteiger partial charge in [0.2, 0.25) is 0 Å². The zero-order chi connectivity index (χ0) is 28.6. The van der Waals surface area contributed by atoms with Crippen LogP contribution in [0.15, 0.2) is 103 Å². The first kappa shape index (κ1) is 27.8. The molecule has 2 amide bonds. The number of hydrogen-bond donors (Lipinski definition) is 2. The predicted molar refractivity (Wildman–Crippen MR) is 160 cm³/mol. The van der Waals surface area contributed by atoms with Crippen molar-refractivity contribution in [1.82, 2.24) is 10.2 Å². The van der Waals surface area contributed by atoms with E-state index in [1.54, 1.807) is 23.1 Å². The van der Waals surface area contributed by atoms with Crippen LogP contribution in [0.1, 0.15) is 62.7 Å². The van der Waals surface area contributed by atoms with Crippen LogP contribution < -0.4 is 5.32 Å². The van der Waals surface area contributed by atoms with Crippen LogP contribution in [-0.4, -0.2) is 40.9 Å². The molecule has 41 heavy (non-hydrogen) atoms. The van der Waals surface area contributed by atoms with Crippen LogP contribution in [0, 0.1) is 0 Å². The van der Waals surface area contributed by atoms with Crippen molar-refractivity contribution in [2.24, 2.45) is 0 Å². The fourth-order valence-corrected chi connectivity index (χ4v) is 5.60. The van der Waals surface area contributed by atoms with Gasteiger partial charge < -0.3 is 15.3 Å². The van der Waals surface area contributed by atoms with Gasteiger partial charge in [0, 0.05) is 24.2 Å². The SMILES string of the molecule is O=C(O)CCN(CCCc1ccccc1)C(=O)c1ccccc1-c1ccccc1C(=O)NC1CCc2ccccc21. The molecule has 0 saturated carbocycles. The van der Waals surface area contributed by atoms with Crippen molar-refractivity contribution in [3.8, 4) is 11.1 Å². The monoisotopic (exact) mass is 546 g/mol. The van der Waals surface area contributed by atoms with E-state index in [-0.39, 0.29) is 30.8 Å². The van der Waals surface area contributed by atoms with Crippen LogP contribution in [0.25, 0.3) is 11.1 Å². The number of rotatable bonds is 11. The summed E-state index contributed by atoms with van der Waals surface area (Å²) in [6.45, 7) is 0.541. The number of nitrogens with one attached hydrogen (secondary N) is 1. The van der Waals surface area contributed by atoms with Crippen LogP contribution in [0.5, 0.6) is 0 Å². The van der Waals surface area contributed by atoms with E-state index in [1.807, 2.05) is 72.8 Å². The molecule has 0 spiro atoms. The molecule has 1 atom stereocenters. The van der Waals surface area contributed by atoms with Gasteiger partial charge in [0.15, 0.2) is 0 Å². The summed E-state index contributed by atoms with van der Waals surface area (Å²) in [7, 11) is 0. The van der Waals surface area contributed by atoms with Gasteiger partial charge in [-0.2, -0.15) is 0 Å². The lowest BCUT2D eigenvalue weighted by Crippen LogP contribution is -2.34. The van der Waals surface area contributed by atoms with Gasteiger partial charge in [-0.15, -0.1) is 0 Å². The largest absolute Gasteiger partial charge is 0.481 e. The van der Waals surface area contributed by atoms with Crippen LogP contribution in [0.2, 0.25) is 0 Å². The Morgan fingerprint density at radius 1 is 0.756 bits per heavy atom. The van der Waals surface area contributed by atoms with E-state index in [9.17, 15) is 19.5 Å². The fourth-order valence-electron chi connectivity index (χ4n) is 5.60. The number of benzene rings is 4. The van der Waals surface area contributed by atoms with Gasteiger partial charge in [0.25, 0.3) is 11.8 Å². The third-order valence-corrected chi connectivity index (χ3v) is 7.68. The van der Waals surface area contributed by atoms with Gasteiger partial charge in [-0.1, -0.05) is 91.0 Å². The number of carbonyl (C=O) groups excluding carboxylic acids is 2. The maximum atomic E-state index is 13.9. The van der Waals surface area contributed by atoms with Crippen molar-refractivity contribution in [2.45, 2.75) is 38.1 Å². The molecule has 0 fully saturated rings. The lowest BCUT2D eigenvalue weighted by molar-refractivity contribution is -0.137. The van der Waals surface area contributed by atoms with Crippen LogP contribution in [0.4, 0.5) is 0 Å². The van der Waals surface area contributed by atoms with E-state index in [4.69, 9.17) is 0 Å². The number of carboxylic acids is 1. The molecule has 1 aliphatic rings. The summed E-state index contributed by atoms with van der Waals surface area (Å²) in [5.41, 5.74) is 5.85. The van der Waals surface area contributed by atoms with E-state index in [0.717, 1.165) is 24.8 Å². The third kappa shape index (κ3) is 6.72. The molecule has 6 heteroatoms. The van der Waals surface area contributed by atoms with E-state index >= 15 is 0 Å². The molecule has 6 nitrogen and oxygen atoms in total. The first-order valence-electron chi connectivity index (χ1n) is 14.1. The highest BCUT2D eigenvalue weighted by Crippen LogP contribution is 2.33. The molecule has 208 valence electrons. The van der Waals surface area contributed by atoms with Gasteiger partial charge in [-0.25, -0.2) is 0 Å². The number of amides is 2. The second-order valence-corrected chi connectivity index (χ2v) is 10.4. The molecule has 0 heterocycles. The Labute approximate surface area is 240 Å². The molecule has 0 radical (unpaired) electrons. The number of aliphatic carboxylic acids is 1. The smallest absolute Gasteiger partial charge is 0.305 e. The van der Waals surface area contributed by atoms with Crippen LogP contribution in [0.3, 0.4) is 0 Å². The normalized spacial score (nSPS) is 13.8. The molecule has 0 bridgehead atoms. The highest BCUT2D eigenvalue weighted by Gasteiger charge is 2.26. The molecule has 5 rings (SSSR count). The highest BCUT2D eigenvalue weighted by molar-refractivity contribution is 6.06. The molecular weight excluding hydrogens is 512 g/mol.